The average Bonchev–Trinajstić information content (AvgIpc) is 2.97. The summed E-state index contributed by atoms with van der Waals surface area (Å²) in [5.41, 5.74) is 1.91. The van der Waals surface area contributed by atoms with E-state index in [9.17, 15) is 9.59 Å². The highest BCUT2D eigenvalue weighted by atomic mass is 35.5. The second kappa shape index (κ2) is 9.40. The van der Waals surface area contributed by atoms with Gasteiger partial charge in [-0.1, -0.05) is 95.6 Å². The van der Waals surface area contributed by atoms with E-state index in [0.29, 0.717) is 12.2 Å². The van der Waals surface area contributed by atoms with E-state index in [4.69, 9.17) is 39.5 Å². The van der Waals surface area contributed by atoms with E-state index >= 15 is 0 Å². The maximum Gasteiger partial charge on any atom is 0.418 e. The van der Waals surface area contributed by atoms with Gasteiger partial charge in [0.15, 0.2) is 4.84 Å². The first-order chi connectivity index (χ1) is 13.5. The second-order valence-corrected chi connectivity index (χ2v) is 8.87. The molecule has 2 atom stereocenters. The van der Waals surface area contributed by atoms with E-state index in [2.05, 4.69) is 0 Å². The molecule has 0 saturated carbocycles. The van der Waals surface area contributed by atoms with Crippen molar-refractivity contribution in [3.8, 4) is 0 Å². The van der Waals surface area contributed by atoms with Gasteiger partial charge in [-0.2, -0.15) is 0 Å². The van der Waals surface area contributed by atoms with Gasteiger partial charge in [-0.3, -0.25) is 4.79 Å². The predicted molar refractivity (Wildman–Crippen MR) is 114 cm³/mol. The number of hydrogen-bond donors (Lipinski definition) is 0. The number of alkyl halides is 3. The summed E-state index contributed by atoms with van der Waals surface area (Å²) in [5.74, 6) is -0.0897. The largest absolute Gasteiger partial charge is 0.418 e. The Balaban J connectivity index is 1.82. The Hall–Kier alpha value is -1.40. The van der Waals surface area contributed by atoms with Gasteiger partial charge in [0.05, 0.1) is 6.04 Å². The van der Waals surface area contributed by atoms with E-state index in [1.807, 2.05) is 60.7 Å². The van der Waals surface area contributed by atoms with Crippen molar-refractivity contribution in [1.29, 1.82) is 0 Å². The van der Waals surface area contributed by atoms with Gasteiger partial charge in [-0.15, -0.1) is 11.6 Å². The number of imide groups is 1. The molecule has 1 saturated heterocycles. The van der Waals surface area contributed by atoms with Gasteiger partial charge in [0.1, 0.15) is 0 Å². The molecule has 0 spiro atoms. The molecule has 1 fully saturated rings. The molecule has 0 unspecified atom stereocenters. The first kappa shape index (κ1) is 21.3. The Morgan fingerprint density at radius 1 is 0.964 bits per heavy atom. The topological polar surface area (TPSA) is 46.6 Å². The Morgan fingerprint density at radius 3 is 2.07 bits per heavy atom. The summed E-state index contributed by atoms with van der Waals surface area (Å²) in [7, 11) is 0. The van der Waals surface area contributed by atoms with E-state index in [-0.39, 0.29) is 5.88 Å². The van der Waals surface area contributed by atoms with E-state index < -0.39 is 27.8 Å². The lowest BCUT2D eigenvalue weighted by molar-refractivity contribution is -0.131. The highest BCUT2D eigenvalue weighted by Gasteiger charge is 2.60. The number of halogens is 3. The fraction of sp³-hybridized carbons (Fsp3) is 0.300. The number of carbonyl (C=O) groups excluding carboxylic acids is 2. The molecule has 8 heteroatoms. The highest BCUT2D eigenvalue weighted by molar-refractivity contribution is 8.00. The van der Waals surface area contributed by atoms with Crippen LogP contribution in [-0.2, 0) is 21.7 Å². The normalized spacial score (nSPS) is 20.5. The number of carbonyl (C=O) groups is 2. The van der Waals surface area contributed by atoms with Crippen molar-refractivity contribution in [3.05, 3.63) is 71.8 Å². The van der Waals surface area contributed by atoms with Crippen LogP contribution in [-0.4, -0.2) is 38.6 Å². The molecule has 2 aromatic rings. The predicted octanol–water partition coefficient (Wildman–Crippen LogP) is 5.25. The van der Waals surface area contributed by atoms with Crippen LogP contribution in [0.2, 0.25) is 0 Å². The molecule has 0 aromatic heterocycles. The van der Waals surface area contributed by atoms with E-state index in [0.717, 1.165) is 27.8 Å². The standard InChI is InChI=1S/C20H18Cl3NO3S/c21-12-16(11-14-7-3-1-4-8-14)24-18(25)20(17(22)23,27-19(24)26)28-13-15-9-5-2-6-10-15/h1-10,16-17H,11-13H2/t16-,20+/m0/s1. The number of rotatable bonds is 8. The summed E-state index contributed by atoms with van der Waals surface area (Å²) >= 11 is 19.5. The number of cyclic esters (lactones) is 1. The summed E-state index contributed by atoms with van der Waals surface area (Å²) in [6.45, 7) is 0. The van der Waals surface area contributed by atoms with Crippen molar-refractivity contribution >= 4 is 58.6 Å². The van der Waals surface area contributed by atoms with Gasteiger partial charge >= 0.3 is 6.09 Å². The lowest BCUT2D eigenvalue weighted by Gasteiger charge is -2.27. The third-order valence-corrected chi connectivity index (χ3v) is 7.02. The van der Waals surface area contributed by atoms with Gasteiger partial charge in [0, 0.05) is 11.6 Å². The molecule has 0 aliphatic carbocycles. The van der Waals surface area contributed by atoms with Gasteiger partial charge in [-0.25, -0.2) is 9.69 Å². The Kier molecular flexibility index (Phi) is 7.15. The molecular formula is C20H18Cl3NO3S. The number of benzene rings is 2. The van der Waals surface area contributed by atoms with Crippen LogP contribution in [0.1, 0.15) is 11.1 Å². The molecule has 1 heterocycles. The van der Waals surface area contributed by atoms with Crippen LogP contribution in [0.5, 0.6) is 0 Å². The number of ether oxygens (including phenoxy) is 1. The molecule has 1 aliphatic heterocycles. The van der Waals surface area contributed by atoms with Crippen molar-refractivity contribution in [1.82, 2.24) is 4.90 Å². The minimum atomic E-state index is -1.70. The SMILES string of the molecule is O=C1O[C@@](SCc2ccccc2)(C(Cl)Cl)C(=O)N1[C@H](CCl)Cc1ccccc1. The third-order valence-electron chi connectivity index (χ3n) is 4.39. The van der Waals surface area contributed by atoms with Gasteiger partial charge in [0.25, 0.3) is 10.8 Å². The van der Waals surface area contributed by atoms with Crippen molar-refractivity contribution in [2.75, 3.05) is 5.88 Å². The molecule has 1 aliphatic rings. The van der Waals surface area contributed by atoms with Crippen LogP contribution in [0.15, 0.2) is 60.7 Å². The maximum absolute atomic E-state index is 13.2. The van der Waals surface area contributed by atoms with Gasteiger partial charge in [0.2, 0.25) is 0 Å². The molecule has 2 amide bonds. The van der Waals surface area contributed by atoms with Crippen molar-refractivity contribution in [2.45, 2.75) is 28.0 Å². The smallest absolute Gasteiger partial charge is 0.418 e. The molecule has 0 radical (unpaired) electrons. The highest BCUT2D eigenvalue weighted by Crippen LogP contribution is 2.44. The Morgan fingerprint density at radius 2 is 1.54 bits per heavy atom. The summed E-state index contributed by atoms with van der Waals surface area (Å²) in [6, 6.07) is 18.4. The maximum atomic E-state index is 13.2. The summed E-state index contributed by atoms with van der Waals surface area (Å²) < 4.78 is 5.46. The molecule has 0 bridgehead atoms. The molecule has 28 heavy (non-hydrogen) atoms. The van der Waals surface area contributed by atoms with Gasteiger partial charge < -0.3 is 4.74 Å². The zero-order valence-electron chi connectivity index (χ0n) is 14.8. The van der Waals surface area contributed by atoms with Gasteiger partial charge in [-0.05, 0) is 17.5 Å². The van der Waals surface area contributed by atoms with Crippen molar-refractivity contribution in [2.24, 2.45) is 0 Å². The van der Waals surface area contributed by atoms with Crippen LogP contribution in [0, 0.1) is 0 Å². The Bertz CT molecular complexity index is 822. The van der Waals surface area contributed by atoms with Crippen LogP contribution in [0.25, 0.3) is 0 Å². The molecular weight excluding hydrogens is 441 g/mol. The third kappa shape index (κ3) is 4.43. The summed E-state index contributed by atoms with van der Waals surface area (Å²) in [4.78, 5) is 24.0. The lowest BCUT2D eigenvalue weighted by Crippen LogP contribution is -2.48. The van der Waals surface area contributed by atoms with E-state index in [1.165, 1.54) is 0 Å². The first-order valence-electron chi connectivity index (χ1n) is 8.60. The monoisotopic (exact) mass is 457 g/mol. The lowest BCUT2D eigenvalue weighted by atomic mass is 10.1. The Labute approximate surface area is 183 Å². The first-order valence-corrected chi connectivity index (χ1v) is 11.0. The number of nitrogens with zero attached hydrogens (tertiary/aromatic N) is 1. The van der Waals surface area contributed by atoms with Crippen LogP contribution in [0.4, 0.5) is 4.79 Å². The second-order valence-electron chi connectivity index (χ2n) is 6.28. The molecule has 3 rings (SSSR count). The number of thioether (sulfide) groups is 1. The molecule has 148 valence electrons. The number of amides is 2. The molecule has 4 nitrogen and oxygen atoms in total. The van der Waals surface area contributed by atoms with E-state index in [1.54, 1.807) is 0 Å². The van der Waals surface area contributed by atoms with Crippen LogP contribution < -0.4 is 0 Å². The quantitative estimate of drug-likeness (QED) is 0.507. The van der Waals surface area contributed by atoms with Crippen LogP contribution in [0.3, 0.4) is 0 Å². The van der Waals surface area contributed by atoms with Crippen molar-refractivity contribution in [3.63, 3.8) is 0 Å². The fourth-order valence-corrected chi connectivity index (χ4v) is 4.90. The molecule has 0 N–H and O–H groups in total. The minimum absolute atomic E-state index is 0.0738. The molecule has 2 aromatic carbocycles. The zero-order chi connectivity index (χ0) is 20.1. The number of hydrogen-bond acceptors (Lipinski definition) is 4. The van der Waals surface area contributed by atoms with Crippen molar-refractivity contribution < 1.29 is 14.3 Å². The fourth-order valence-electron chi connectivity index (χ4n) is 2.95. The minimum Gasteiger partial charge on any atom is -0.418 e. The summed E-state index contributed by atoms with van der Waals surface area (Å²) in [5, 5.41) is 0. The average molecular weight is 459 g/mol. The zero-order valence-corrected chi connectivity index (χ0v) is 17.8. The van der Waals surface area contributed by atoms with Crippen LogP contribution >= 0.6 is 46.6 Å². The summed E-state index contributed by atoms with van der Waals surface area (Å²) in [6.07, 6.45) is -0.363.